The third kappa shape index (κ3) is 11.6. The van der Waals surface area contributed by atoms with E-state index >= 15 is 0 Å². The second-order valence-electron chi connectivity index (χ2n) is 8.08. The molecule has 152 valence electrons. The molecule has 2 heteroatoms. The minimum absolute atomic E-state index is 0.608. The van der Waals surface area contributed by atoms with Crippen LogP contribution in [0.5, 0.6) is 0 Å². The van der Waals surface area contributed by atoms with Crippen LogP contribution in [-0.2, 0) is 4.74 Å². The van der Waals surface area contributed by atoms with E-state index in [0.29, 0.717) is 11.8 Å². The van der Waals surface area contributed by atoms with Gasteiger partial charge in [0.15, 0.2) is 5.88 Å². The first-order valence-corrected chi connectivity index (χ1v) is 11.6. The monoisotopic (exact) mass is 363 g/mol. The molecule has 2 nitrogen and oxygen atoms in total. The van der Waals surface area contributed by atoms with Gasteiger partial charge in [0.05, 0.1) is 5.70 Å². The molecule has 0 bridgehead atoms. The van der Waals surface area contributed by atoms with Crippen LogP contribution in [0.1, 0.15) is 123 Å². The quantitative estimate of drug-likeness (QED) is 0.248. The van der Waals surface area contributed by atoms with Gasteiger partial charge < -0.3 is 10.1 Å². The zero-order valence-corrected chi connectivity index (χ0v) is 17.8. The molecule has 1 aliphatic rings. The molecule has 26 heavy (non-hydrogen) atoms. The van der Waals surface area contributed by atoms with Gasteiger partial charge in [-0.2, -0.15) is 0 Å². The maximum absolute atomic E-state index is 5.31. The first kappa shape index (κ1) is 23.1. The average Bonchev–Trinajstić information content (AvgIpc) is 3.07. The number of rotatable bonds is 18. The molecule has 1 aliphatic heterocycles. The van der Waals surface area contributed by atoms with Crippen LogP contribution in [0.15, 0.2) is 24.4 Å². The lowest BCUT2D eigenvalue weighted by molar-refractivity contribution is 0.359. The Morgan fingerprint density at radius 3 is 1.62 bits per heavy atom. The molecule has 1 N–H and O–H groups in total. The van der Waals surface area contributed by atoms with Gasteiger partial charge in [-0.05, 0) is 19.4 Å². The lowest BCUT2D eigenvalue weighted by Crippen LogP contribution is -2.14. The SMILES string of the molecule is C=C1NC(C(CC)CCCCCCCCCCCCCCCCC)=CO1. The van der Waals surface area contributed by atoms with Crippen molar-refractivity contribution in [3.8, 4) is 0 Å². The summed E-state index contributed by atoms with van der Waals surface area (Å²) in [5.74, 6) is 1.28. The Hall–Kier alpha value is -0.920. The minimum Gasteiger partial charge on any atom is -0.448 e. The van der Waals surface area contributed by atoms with Gasteiger partial charge in [0.25, 0.3) is 0 Å². The molecule has 0 aromatic heterocycles. The molecule has 1 rings (SSSR count). The number of ether oxygens (including phenoxy) is 1. The van der Waals surface area contributed by atoms with E-state index in [1.807, 2.05) is 6.26 Å². The van der Waals surface area contributed by atoms with Crippen LogP contribution in [0, 0.1) is 5.92 Å². The highest BCUT2D eigenvalue weighted by atomic mass is 16.5. The van der Waals surface area contributed by atoms with Gasteiger partial charge in [0.1, 0.15) is 6.26 Å². The van der Waals surface area contributed by atoms with E-state index in [2.05, 4.69) is 25.7 Å². The third-order valence-electron chi connectivity index (χ3n) is 5.70. The Kier molecular flexibility index (Phi) is 14.5. The van der Waals surface area contributed by atoms with Gasteiger partial charge in [-0.3, -0.25) is 0 Å². The highest BCUT2D eigenvalue weighted by Gasteiger charge is 2.17. The van der Waals surface area contributed by atoms with E-state index in [-0.39, 0.29) is 0 Å². The van der Waals surface area contributed by atoms with Crippen molar-refractivity contribution >= 4 is 0 Å². The summed E-state index contributed by atoms with van der Waals surface area (Å²) >= 11 is 0. The second kappa shape index (κ2) is 16.3. The van der Waals surface area contributed by atoms with Crippen molar-refractivity contribution in [1.29, 1.82) is 0 Å². The van der Waals surface area contributed by atoms with Gasteiger partial charge in [0, 0.05) is 5.92 Å². The van der Waals surface area contributed by atoms with Crippen molar-refractivity contribution in [2.75, 3.05) is 0 Å². The molecule has 0 saturated carbocycles. The van der Waals surface area contributed by atoms with Crippen molar-refractivity contribution in [1.82, 2.24) is 5.32 Å². The van der Waals surface area contributed by atoms with Crippen LogP contribution in [0.4, 0.5) is 0 Å². The normalized spacial score (nSPS) is 14.8. The summed E-state index contributed by atoms with van der Waals surface area (Å²) in [6, 6.07) is 0. The summed E-state index contributed by atoms with van der Waals surface area (Å²) in [5.41, 5.74) is 1.22. The first-order chi connectivity index (χ1) is 12.8. The fraction of sp³-hybridized carbons (Fsp3) is 0.833. The van der Waals surface area contributed by atoms with Gasteiger partial charge >= 0.3 is 0 Å². The van der Waals surface area contributed by atoms with Crippen molar-refractivity contribution in [2.45, 2.75) is 123 Å². The van der Waals surface area contributed by atoms with Crippen LogP contribution in [-0.4, -0.2) is 0 Å². The standard InChI is InChI=1S/C24H45NO/c1-4-6-7-8-9-10-11-12-13-14-15-16-17-18-19-20-23(5-2)24-21-26-22(3)25-24/h21,23,25H,3-20H2,1-2H3. The Balaban J connectivity index is 1.81. The zero-order chi connectivity index (χ0) is 18.9. The summed E-state index contributed by atoms with van der Waals surface area (Å²) in [5, 5.41) is 3.25. The van der Waals surface area contributed by atoms with Gasteiger partial charge in [-0.25, -0.2) is 0 Å². The van der Waals surface area contributed by atoms with Gasteiger partial charge in [-0.15, -0.1) is 0 Å². The molecule has 1 heterocycles. The number of nitrogens with one attached hydrogen (secondary N) is 1. The fourth-order valence-corrected chi connectivity index (χ4v) is 3.89. The van der Waals surface area contributed by atoms with E-state index in [9.17, 15) is 0 Å². The van der Waals surface area contributed by atoms with Crippen LogP contribution in [0.2, 0.25) is 0 Å². The Morgan fingerprint density at radius 1 is 0.769 bits per heavy atom. The smallest absolute Gasteiger partial charge is 0.189 e. The van der Waals surface area contributed by atoms with Gasteiger partial charge in [-0.1, -0.05) is 110 Å². The highest BCUT2D eigenvalue weighted by molar-refractivity contribution is 5.12. The van der Waals surface area contributed by atoms with Crippen LogP contribution < -0.4 is 5.32 Å². The maximum atomic E-state index is 5.31. The second-order valence-corrected chi connectivity index (χ2v) is 8.08. The number of hydrogen-bond acceptors (Lipinski definition) is 2. The van der Waals surface area contributed by atoms with E-state index in [0.717, 1.165) is 0 Å². The van der Waals surface area contributed by atoms with E-state index < -0.39 is 0 Å². The summed E-state index contributed by atoms with van der Waals surface area (Å²) in [6.07, 6.45) is 25.7. The number of allylic oxidation sites excluding steroid dienone is 1. The van der Waals surface area contributed by atoms with E-state index in [1.165, 1.54) is 115 Å². The van der Waals surface area contributed by atoms with Crippen LogP contribution in [0.3, 0.4) is 0 Å². The predicted octanol–water partition coefficient (Wildman–Crippen LogP) is 8.21. The lowest BCUT2D eigenvalue weighted by atomic mass is 9.95. The number of hydrogen-bond donors (Lipinski definition) is 1. The molecule has 0 spiro atoms. The van der Waals surface area contributed by atoms with Gasteiger partial charge in [0.2, 0.25) is 0 Å². The molecule has 0 radical (unpaired) electrons. The van der Waals surface area contributed by atoms with Crippen molar-refractivity contribution in [3.05, 3.63) is 24.4 Å². The average molecular weight is 364 g/mol. The Morgan fingerprint density at radius 2 is 1.23 bits per heavy atom. The number of unbranched alkanes of at least 4 members (excludes halogenated alkanes) is 14. The third-order valence-corrected chi connectivity index (χ3v) is 5.70. The van der Waals surface area contributed by atoms with E-state index in [1.54, 1.807) is 0 Å². The molecule has 0 aromatic carbocycles. The zero-order valence-electron chi connectivity index (χ0n) is 17.8. The van der Waals surface area contributed by atoms with Crippen LogP contribution >= 0.6 is 0 Å². The summed E-state index contributed by atoms with van der Waals surface area (Å²) in [7, 11) is 0. The molecular weight excluding hydrogens is 318 g/mol. The topological polar surface area (TPSA) is 21.3 Å². The fourth-order valence-electron chi connectivity index (χ4n) is 3.89. The van der Waals surface area contributed by atoms with Crippen molar-refractivity contribution in [2.24, 2.45) is 5.92 Å². The predicted molar refractivity (Wildman–Crippen MR) is 115 cm³/mol. The molecule has 0 aliphatic carbocycles. The molecule has 0 aromatic rings. The molecule has 1 atom stereocenters. The lowest BCUT2D eigenvalue weighted by Gasteiger charge is -2.15. The molecule has 0 amide bonds. The summed E-state index contributed by atoms with van der Waals surface area (Å²) in [6.45, 7) is 8.37. The largest absolute Gasteiger partial charge is 0.448 e. The minimum atomic E-state index is 0.608. The molecule has 1 unspecified atom stereocenters. The molecule has 0 saturated heterocycles. The summed E-state index contributed by atoms with van der Waals surface area (Å²) in [4.78, 5) is 0. The maximum Gasteiger partial charge on any atom is 0.189 e. The van der Waals surface area contributed by atoms with Crippen molar-refractivity contribution in [3.63, 3.8) is 0 Å². The van der Waals surface area contributed by atoms with E-state index in [4.69, 9.17) is 4.74 Å². The van der Waals surface area contributed by atoms with Crippen molar-refractivity contribution < 1.29 is 4.74 Å². The van der Waals surface area contributed by atoms with Crippen LogP contribution in [0.25, 0.3) is 0 Å². The molecular formula is C24H45NO. The Bertz CT molecular complexity index is 374. The summed E-state index contributed by atoms with van der Waals surface area (Å²) < 4.78 is 5.31. The molecule has 0 fully saturated rings. The Labute approximate surface area is 163 Å². The first-order valence-electron chi connectivity index (χ1n) is 11.6. The highest BCUT2D eigenvalue weighted by Crippen LogP contribution is 2.25.